The largest absolute Gasteiger partial charge is 0.467 e. The van der Waals surface area contributed by atoms with Crippen molar-refractivity contribution in [3.63, 3.8) is 0 Å². The van der Waals surface area contributed by atoms with Crippen LogP contribution in [0.2, 0.25) is 5.02 Å². The molecule has 0 saturated carbocycles. The molecule has 0 aromatic heterocycles. The number of hydrogen-bond acceptors (Lipinski definition) is 5. The number of ether oxygens (including phenoxy) is 3. The van der Waals surface area contributed by atoms with Crippen LogP contribution in [-0.2, 0) is 24.6 Å². The molecule has 1 aromatic carbocycles. The number of carbonyl (C=O) groups excluding carboxylic acids is 1. The van der Waals surface area contributed by atoms with E-state index in [1.807, 2.05) is 0 Å². The van der Waals surface area contributed by atoms with Crippen LogP contribution in [0.5, 0.6) is 0 Å². The minimum Gasteiger partial charge on any atom is -0.467 e. The summed E-state index contributed by atoms with van der Waals surface area (Å²) in [4.78, 5) is 12.0. The third kappa shape index (κ3) is 4.12. The summed E-state index contributed by atoms with van der Waals surface area (Å²) in [6.45, 7) is 3.52. The third-order valence-corrected chi connectivity index (χ3v) is 4.51. The van der Waals surface area contributed by atoms with Crippen LogP contribution in [-0.4, -0.2) is 37.2 Å². The van der Waals surface area contributed by atoms with Crippen LogP contribution in [0.4, 0.5) is 0 Å². The summed E-state index contributed by atoms with van der Waals surface area (Å²) < 4.78 is 16.4. The summed E-state index contributed by atoms with van der Waals surface area (Å²) >= 11 is 6.01. The Balaban J connectivity index is 2.59. The normalized spacial score (nSPS) is 24.2. The van der Waals surface area contributed by atoms with Gasteiger partial charge in [0.05, 0.1) is 13.0 Å². The SMILES string of the molecule is COC(=O)[C@H](O)C1C=CC=CC1(OC(C)(C)OC)c1ccc(Cl)cc1. The molecule has 0 amide bonds. The minimum atomic E-state index is -1.41. The molecule has 0 saturated heterocycles. The molecule has 136 valence electrons. The van der Waals surface area contributed by atoms with E-state index >= 15 is 0 Å². The Morgan fingerprint density at radius 3 is 2.44 bits per heavy atom. The average molecular weight is 367 g/mol. The number of halogens is 1. The molecule has 1 aromatic rings. The summed E-state index contributed by atoms with van der Waals surface area (Å²) in [5, 5.41) is 11.1. The van der Waals surface area contributed by atoms with Gasteiger partial charge in [0.25, 0.3) is 0 Å². The van der Waals surface area contributed by atoms with E-state index in [2.05, 4.69) is 0 Å². The highest BCUT2D eigenvalue weighted by molar-refractivity contribution is 6.30. The topological polar surface area (TPSA) is 65.0 Å². The van der Waals surface area contributed by atoms with Crippen molar-refractivity contribution in [3.05, 3.63) is 59.2 Å². The maximum atomic E-state index is 12.0. The summed E-state index contributed by atoms with van der Waals surface area (Å²) in [5.41, 5.74) is -0.400. The summed E-state index contributed by atoms with van der Waals surface area (Å²) in [6.07, 6.45) is 5.68. The number of methoxy groups -OCH3 is 2. The van der Waals surface area contributed by atoms with E-state index in [1.165, 1.54) is 14.2 Å². The van der Waals surface area contributed by atoms with Crippen LogP contribution < -0.4 is 0 Å². The molecule has 0 aliphatic heterocycles. The first-order chi connectivity index (χ1) is 11.8. The fraction of sp³-hybridized carbons (Fsp3) is 0.421. The van der Waals surface area contributed by atoms with Crippen LogP contribution in [0.1, 0.15) is 19.4 Å². The standard InChI is InChI=1S/C19H23ClO5/c1-18(2,24-4)25-19(13-8-10-14(20)11-9-13)12-6-5-7-15(19)16(21)17(22)23-3/h5-12,15-16,21H,1-4H3/t15?,16-,19?/m1/s1. The van der Waals surface area contributed by atoms with E-state index in [4.69, 9.17) is 25.8 Å². The molecule has 0 radical (unpaired) electrons. The van der Waals surface area contributed by atoms with Crippen molar-refractivity contribution < 1.29 is 24.1 Å². The maximum Gasteiger partial charge on any atom is 0.335 e. The Morgan fingerprint density at radius 2 is 1.88 bits per heavy atom. The van der Waals surface area contributed by atoms with Gasteiger partial charge in [0.1, 0.15) is 5.60 Å². The van der Waals surface area contributed by atoms with Gasteiger partial charge in [-0.05, 0) is 37.6 Å². The van der Waals surface area contributed by atoms with E-state index < -0.39 is 29.4 Å². The molecule has 2 unspecified atom stereocenters. The zero-order valence-corrected chi connectivity index (χ0v) is 15.5. The van der Waals surface area contributed by atoms with Crippen LogP contribution in [0, 0.1) is 5.92 Å². The highest BCUT2D eigenvalue weighted by atomic mass is 35.5. The lowest BCUT2D eigenvalue weighted by molar-refractivity contribution is -0.266. The van der Waals surface area contributed by atoms with Gasteiger partial charge in [0.2, 0.25) is 0 Å². The molecule has 1 aliphatic rings. The first kappa shape index (κ1) is 19.7. The van der Waals surface area contributed by atoms with Gasteiger partial charge in [0.15, 0.2) is 11.9 Å². The zero-order chi connectivity index (χ0) is 18.7. The van der Waals surface area contributed by atoms with Gasteiger partial charge in [-0.15, -0.1) is 0 Å². The second kappa shape index (κ2) is 7.70. The molecule has 25 heavy (non-hydrogen) atoms. The van der Waals surface area contributed by atoms with Gasteiger partial charge in [-0.1, -0.05) is 42.0 Å². The Hall–Kier alpha value is -1.66. The highest BCUT2D eigenvalue weighted by Crippen LogP contribution is 2.44. The summed E-state index contributed by atoms with van der Waals surface area (Å²) in [7, 11) is 2.77. The quantitative estimate of drug-likeness (QED) is 0.618. The van der Waals surface area contributed by atoms with E-state index in [9.17, 15) is 9.90 Å². The average Bonchev–Trinajstić information content (AvgIpc) is 2.61. The molecule has 0 bridgehead atoms. The predicted molar refractivity (Wildman–Crippen MR) is 95.1 cm³/mol. The van der Waals surface area contributed by atoms with Gasteiger partial charge >= 0.3 is 5.97 Å². The number of aliphatic hydroxyl groups is 1. The lowest BCUT2D eigenvalue weighted by Gasteiger charge is -2.44. The van der Waals surface area contributed by atoms with Crippen molar-refractivity contribution >= 4 is 17.6 Å². The van der Waals surface area contributed by atoms with Crippen LogP contribution in [0.3, 0.4) is 0 Å². The number of allylic oxidation sites excluding steroid dienone is 2. The molecule has 0 heterocycles. The fourth-order valence-corrected chi connectivity index (χ4v) is 2.98. The van der Waals surface area contributed by atoms with Crippen LogP contribution in [0.25, 0.3) is 0 Å². The van der Waals surface area contributed by atoms with Gasteiger partial charge in [-0.2, -0.15) is 0 Å². The number of hydrogen-bond donors (Lipinski definition) is 1. The van der Waals surface area contributed by atoms with Gasteiger partial charge in [-0.3, -0.25) is 0 Å². The maximum absolute atomic E-state index is 12.0. The van der Waals surface area contributed by atoms with Gasteiger partial charge in [0, 0.05) is 12.1 Å². The van der Waals surface area contributed by atoms with Crippen LogP contribution in [0.15, 0.2) is 48.6 Å². The van der Waals surface area contributed by atoms with Gasteiger partial charge in [-0.25, -0.2) is 4.79 Å². The van der Waals surface area contributed by atoms with E-state index in [0.717, 1.165) is 5.56 Å². The molecule has 2 rings (SSSR count). The molecule has 0 fully saturated rings. The van der Waals surface area contributed by atoms with Crippen LogP contribution >= 0.6 is 11.6 Å². The van der Waals surface area contributed by atoms with Crippen molar-refractivity contribution in [1.82, 2.24) is 0 Å². The molecule has 1 aliphatic carbocycles. The van der Waals surface area contributed by atoms with Crippen molar-refractivity contribution in [2.75, 3.05) is 14.2 Å². The van der Waals surface area contributed by atoms with Crippen molar-refractivity contribution in [2.45, 2.75) is 31.3 Å². The predicted octanol–water partition coefficient (Wildman–Crippen LogP) is 3.21. The fourth-order valence-electron chi connectivity index (χ4n) is 2.85. The molecule has 3 atom stereocenters. The molecular formula is C19H23ClO5. The minimum absolute atomic E-state index is 0.574. The Kier molecular flexibility index (Phi) is 6.06. The first-order valence-corrected chi connectivity index (χ1v) is 8.27. The number of rotatable bonds is 6. The second-order valence-corrected chi connectivity index (χ2v) is 6.68. The first-order valence-electron chi connectivity index (χ1n) is 7.89. The van der Waals surface area contributed by atoms with E-state index in [1.54, 1.807) is 62.4 Å². The second-order valence-electron chi connectivity index (χ2n) is 6.24. The number of aliphatic hydroxyl groups excluding tert-OH is 1. The zero-order valence-electron chi connectivity index (χ0n) is 14.7. The third-order valence-electron chi connectivity index (χ3n) is 4.25. The lowest BCUT2D eigenvalue weighted by atomic mass is 9.75. The van der Waals surface area contributed by atoms with Crippen molar-refractivity contribution in [1.29, 1.82) is 0 Å². The number of carbonyl (C=O) groups is 1. The van der Waals surface area contributed by atoms with Crippen molar-refractivity contribution in [2.24, 2.45) is 5.92 Å². The highest BCUT2D eigenvalue weighted by Gasteiger charge is 2.48. The smallest absolute Gasteiger partial charge is 0.335 e. The van der Waals surface area contributed by atoms with Gasteiger partial charge < -0.3 is 19.3 Å². The Labute approximate surface area is 152 Å². The van der Waals surface area contributed by atoms with E-state index in [-0.39, 0.29) is 0 Å². The number of esters is 1. The molecule has 0 spiro atoms. The summed E-state index contributed by atoms with van der Waals surface area (Å²) in [5.74, 6) is -2.41. The molecule has 1 N–H and O–H groups in total. The lowest BCUT2D eigenvalue weighted by Crippen LogP contribution is -2.50. The number of benzene rings is 1. The van der Waals surface area contributed by atoms with E-state index in [0.29, 0.717) is 5.02 Å². The molecular weight excluding hydrogens is 344 g/mol. The monoisotopic (exact) mass is 366 g/mol. The summed E-state index contributed by atoms with van der Waals surface area (Å²) in [6, 6.07) is 7.06. The Bertz CT molecular complexity index is 665. The Morgan fingerprint density at radius 1 is 1.24 bits per heavy atom. The molecule has 6 heteroatoms. The van der Waals surface area contributed by atoms with Crippen molar-refractivity contribution in [3.8, 4) is 0 Å². The molecule has 5 nitrogen and oxygen atoms in total.